The quantitative estimate of drug-likeness (QED) is 0.502. The Morgan fingerprint density at radius 3 is 3.00 bits per heavy atom. The first-order valence-corrected chi connectivity index (χ1v) is 3.39. The summed E-state index contributed by atoms with van der Waals surface area (Å²) in [6, 6.07) is 0. The maximum Gasteiger partial charge on any atom is 0.0294 e. The highest BCUT2D eigenvalue weighted by Crippen LogP contribution is 2.25. The molecule has 1 heterocycles. The minimum Gasteiger partial charge on any atom is -0.758 e. The molecule has 0 saturated heterocycles. The van der Waals surface area contributed by atoms with Crippen molar-refractivity contribution in [2.45, 2.75) is 6.42 Å². The predicted molar refractivity (Wildman–Crippen MR) is 40.0 cm³/mol. The number of hydroxylamine groups is 2. The standard InChI is InChI=1S/C8H8NO/c10-9-6-2-4-7-3-1-5-8(7)9/h1-2,4-5H,3,6H2/q-1. The summed E-state index contributed by atoms with van der Waals surface area (Å²) < 4.78 is 0. The van der Waals surface area contributed by atoms with Crippen LogP contribution in [0.4, 0.5) is 0 Å². The predicted octanol–water partition coefficient (Wildman–Crippen LogP) is 1.57. The zero-order chi connectivity index (χ0) is 6.97. The van der Waals surface area contributed by atoms with Crippen molar-refractivity contribution < 1.29 is 0 Å². The molecule has 0 radical (unpaired) electrons. The van der Waals surface area contributed by atoms with Gasteiger partial charge in [-0.1, -0.05) is 18.2 Å². The molecule has 10 heavy (non-hydrogen) atoms. The fraction of sp³-hybridized carbons (Fsp3) is 0.250. The SMILES string of the molecule is [O-]N1CC=CC2=C1C=CC2. The van der Waals surface area contributed by atoms with Crippen LogP contribution in [0, 0.1) is 5.21 Å². The molecule has 1 aliphatic heterocycles. The maximum atomic E-state index is 11.0. The zero-order valence-electron chi connectivity index (χ0n) is 5.58. The second-order valence-corrected chi connectivity index (χ2v) is 2.48. The lowest BCUT2D eigenvalue weighted by molar-refractivity contribution is 0.527. The average Bonchev–Trinajstić information content (AvgIpc) is 2.36. The Balaban J connectivity index is 2.37. The molecule has 0 bridgehead atoms. The second-order valence-electron chi connectivity index (χ2n) is 2.48. The van der Waals surface area contributed by atoms with E-state index in [1.807, 2.05) is 24.3 Å². The average molecular weight is 134 g/mol. The molecule has 0 aromatic heterocycles. The first-order valence-electron chi connectivity index (χ1n) is 3.39. The number of hydrogen-bond donors (Lipinski definition) is 0. The van der Waals surface area contributed by atoms with Gasteiger partial charge in [0.1, 0.15) is 0 Å². The molecule has 0 fully saturated rings. The summed E-state index contributed by atoms with van der Waals surface area (Å²) in [7, 11) is 0. The largest absolute Gasteiger partial charge is 0.758 e. The summed E-state index contributed by atoms with van der Waals surface area (Å²) >= 11 is 0. The topological polar surface area (TPSA) is 26.3 Å². The molecule has 52 valence electrons. The van der Waals surface area contributed by atoms with Crippen LogP contribution in [0.15, 0.2) is 35.6 Å². The fourth-order valence-electron chi connectivity index (χ4n) is 1.29. The van der Waals surface area contributed by atoms with Crippen molar-refractivity contribution in [1.29, 1.82) is 0 Å². The van der Waals surface area contributed by atoms with Gasteiger partial charge in [0.2, 0.25) is 0 Å². The summed E-state index contributed by atoms with van der Waals surface area (Å²) in [6.07, 6.45) is 8.77. The van der Waals surface area contributed by atoms with E-state index in [4.69, 9.17) is 0 Å². The Morgan fingerprint density at radius 1 is 1.30 bits per heavy atom. The lowest BCUT2D eigenvalue weighted by Gasteiger charge is -2.32. The van der Waals surface area contributed by atoms with Crippen LogP contribution in [0.25, 0.3) is 0 Å². The van der Waals surface area contributed by atoms with Crippen molar-refractivity contribution >= 4 is 0 Å². The summed E-state index contributed by atoms with van der Waals surface area (Å²) in [5, 5.41) is 12.1. The Morgan fingerprint density at radius 2 is 2.20 bits per heavy atom. The molecule has 0 spiro atoms. The summed E-state index contributed by atoms with van der Waals surface area (Å²) in [5.41, 5.74) is 2.00. The van der Waals surface area contributed by atoms with E-state index in [2.05, 4.69) is 0 Å². The Kier molecular flexibility index (Phi) is 1.14. The minimum absolute atomic E-state index is 0.503. The lowest BCUT2D eigenvalue weighted by Crippen LogP contribution is -2.17. The van der Waals surface area contributed by atoms with Crippen LogP contribution in [0.1, 0.15) is 6.42 Å². The highest BCUT2D eigenvalue weighted by Gasteiger charge is 2.09. The molecule has 0 N–H and O–H groups in total. The molecular weight excluding hydrogens is 126 g/mol. The summed E-state index contributed by atoms with van der Waals surface area (Å²) in [6.45, 7) is 0.503. The van der Waals surface area contributed by atoms with Crippen molar-refractivity contribution in [2.24, 2.45) is 0 Å². The molecule has 0 saturated carbocycles. The monoisotopic (exact) mass is 134 g/mol. The molecule has 2 rings (SSSR count). The molecule has 2 nitrogen and oxygen atoms in total. The number of allylic oxidation sites excluding steroid dienone is 4. The molecule has 2 heteroatoms. The van der Waals surface area contributed by atoms with E-state index in [1.165, 1.54) is 0 Å². The van der Waals surface area contributed by atoms with Crippen LogP contribution >= 0.6 is 0 Å². The van der Waals surface area contributed by atoms with Crippen molar-refractivity contribution in [3.05, 3.63) is 40.8 Å². The molecule has 1 aliphatic carbocycles. The van der Waals surface area contributed by atoms with Gasteiger partial charge in [-0.3, -0.25) is 0 Å². The van der Waals surface area contributed by atoms with E-state index >= 15 is 0 Å². The van der Waals surface area contributed by atoms with Gasteiger partial charge in [-0.15, -0.1) is 0 Å². The molecular formula is C8H8NO-. The fourth-order valence-corrected chi connectivity index (χ4v) is 1.29. The van der Waals surface area contributed by atoms with Crippen LogP contribution in [0.5, 0.6) is 0 Å². The third-order valence-corrected chi connectivity index (χ3v) is 1.80. The third kappa shape index (κ3) is 0.693. The van der Waals surface area contributed by atoms with Gasteiger partial charge in [0.05, 0.1) is 0 Å². The Bertz CT molecular complexity index is 238. The van der Waals surface area contributed by atoms with Crippen molar-refractivity contribution in [3.63, 3.8) is 0 Å². The summed E-state index contributed by atoms with van der Waals surface area (Å²) in [5.74, 6) is 0. The van der Waals surface area contributed by atoms with Crippen LogP contribution in [-0.4, -0.2) is 11.6 Å². The molecule has 0 unspecified atom stereocenters. The van der Waals surface area contributed by atoms with Crippen molar-refractivity contribution in [2.75, 3.05) is 6.54 Å². The molecule has 2 aliphatic rings. The first-order chi connectivity index (χ1) is 4.88. The van der Waals surface area contributed by atoms with E-state index in [9.17, 15) is 5.21 Å². The van der Waals surface area contributed by atoms with E-state index in [-0.39, 0.29) is 0 Å². The van der Waals surface area contributed by atoms with Gasteiger partial charge in [0, 0.05) is 12.2 Å². The highest BCUT2D eigenvalue weighted by atomic mass is 16.5. The van der Waals surface area contributed by atoms with Crippen molar-refractivity contribution in [1.82, 2.24) is 5.06 Å². The van der Waals surface area contributed by atoms with Crippen LogP contribution < -0.4 is 0 Å². The van der Waals surface area contributed by atoms with Gasteiger partial charge in [0.25, 0.3) is 0 Å². The highest BCUT2D eigenvalue weighted by molar-refractivity contribution is 5.42. The lowest BCUT2D eigenvalue weighted by atomic mass is 10.1. The van der Waals surface area contributed by atoms with Crippen LogP contribution in [0.3, 0.4) is 0 Å². The van der Waals surface area contributed by atoms with E-state index < -0.39 is 0 Å². The van der Waals surface area contributed by atoms with Crippen LogP contribution in [-0.2, 0) is 0 Å². The van der Waals surface area contributed by atoms with Gasteiger partial charge in [-0.05, 0) is 18.1 Å². The number of hydrogen-bond acceptors (Lipinski definition) is 2. The van der Waals surface area contributed by atoms with Gasteiger partial charge in [-0.2, -0.15) is 0 Å². The first kappa shape index (κ1) is 5.74. The second kappa shape index (κ2) is 1.99. The van der Waals surface area contributed by atoms with E-state index in [1.54, 1.807) is 0 Å². The smallest absolute Gasteiger partial charge is 0.0294 e. The third-order valence-electron chi connectivity index (χ3n) is 1.80. The molecule has 0 aromatic rings. The minimum atomic E-state index is 0.503. The number of nitrogens with zero attached hydrogens (tertiary/aromatic N) is 1. The Hall–Kier alpha value is -1.02. The number of rotatable bonds is 0. The zero-order valence-corrected chi connectivity index (χ0v) is 5.58. The Labute approximate surface area is 59.7 Å². The van der Waals surface area contributed by atoms with E-state index in [0.29, 0.717) is 6.54 Å². The van der Waals surface area contributed by atoms with Crippen LogP contribution in [0.2, 0.25) is 0 Å². The molecule has 0 atom stereocenters. The van der Waals surface area contributed by atoms with Gasteiger partial charge in [0.15, 0.2) is 0 Å². The van der Waals surface area contributed by atoms with Gasteiger partial charge < -0.3 is 10.3 Å². The normalized spacial score (nSPS) is 22.3. The van der Waals surface area contributed by atoms with E-state index in [0.717, 1.165) is 22.8 Å². The van der Waals surface area contributed by atoms with Crippen molar-refractivity contribution in [3.8, 4) is 0 Å². The van der Waals surface area contributed by atoms with Gasteiger partial charge in [-0.25, -0.2) is 0 Å². The van der Waals surface area contributed by atoms with Gasteiger partial charge >= 0.3 is 0 Å². The maximum absolute atomic E-state index is 11.0. The molecule has 0 amide bonds. The molecule has 0 aromatic carbocycles. The summed E-state index contributed by atoms with van der Waals surface area (Å²) in [4.78, 5) is 0.